The van der Waals surface area contributed by atoms with Gasteiger partial charge in [-0.1, -0.05) is 6.07 Å². The van der Waals surface area contributed by atoms with Crippen LogP contribution >= 0.6 is 0 Å². The van der Waals surface area contributed by atoms with Crippen LogP contribution in [0.4, 0.5) is 11.4 Å². The third-order valence-corrected chi connectivity index (χ3v) is 5.71. The number of nitrogens with one attached hydrogen (secondary N) is 1. The largest absolute Gasteiger partial charge is 0.497 e. The van der Waals surface area contributed by atoms with E-state index >= 15 is 0 Å². The van der Waals surface area contributed by atoms with Crippen LogP contribution < -0.4 is 20.1 Å². The van der Waals surface area contributed by atoms with Crippen molar-refractivity contribution in [3.8, 4) is 5.75 Å². The minimum absolute atomic E-state index is 0.0483. The van der Waals surface area contributed by atoms with Crippen LogP contribution in [0.1, 0.15) is 6.42 Å². The van der Waals surface area contributed by atoms with Crippen molar-refractivity contribution in [2.45, 2.75) is 11.3 Å². The van der Waals surface area contributed by atoms with Gasteiger partial charge in [0.05, 0.1) is 23.6 Å². The average Bonchev–Trinajstić information content (AvgIpc) is 3.04. The summed E-state index contributed by atoms with van der Waals surface area (Å²) < 4.78 is 32.6. The van der Waals surface area contributed by atoms with Gasteiger partial charge < -0.3 is 15.4 Å². The summed E-state index contributed by atoms with van der Waals surface area (Å²) in [7, 11) is -2.30. The van der Waals surface area contributed by atoms with Gasteiger partial charge in [0.25, 0.3) is 10.0 Å². The van der Waals surface area contributed by atoms with Crippen molar-refractivity contribution in [3.63, 3.8) is 0 Å². The monoisotopic (exact) mass is 389 g/mol. The third-order valence-electron chi connectivity index (χ3n) is 4.31. The average molecular weight is 389 g/mol. The number of hydrogen-bond donors (Lipinski definition) is 2. The van der Waals surface area contributed by atoms with Crippen molar-refractivity contribution in [3.05, 3.63) is 48.5 Å². The van der Waals surface area contributed by atoms with Gasteiger partial charge in [-0.05, 0) is 36.4 Å². The van der Waals surface area contributed by atoms with E-state index in [1.165, 1.54) is 36.3 Å². The van der Waals surface area contributed by atoms with Gasteiger partial charge in [0, 0.05) is 24.7 Å². The Kier molecular flexibility index (Phi) is 5.04. The van der Waals surface area contributed by atoms with E-state index in [0.717, 1.165) is 0 Å². The maximum Gasteiger partial charge on any atom is 0.261 e. The Morgan fingerprint density at radius 3 is 2.52 bits per heavy atom. The number of nitrogens with two attached hydrogens (primary N) is 1. The molecule has 3 rings (SSSR count). The van der Waals surface area contributed by atoms with E-state index in [-0.39, 0.29) is 23.8 Å². The number of carbonyl (C=O) groups is 2. The number of anilines is 2. The highest BCUT2D eigenvalue weighted by Gasteiger charge is 2.34. The lowest BCUT2D eigenvalue weighted by Gasteiger charge is -2.17. The Balaban J connectivity index is 1.78. The first-order chi connectivity index (χ1) is 12.8. The zero-order chi connectivity index (χ0) is 19.6. The molecule has 0 aliphatic carbocycles. The predicted octanol–water partition coefficient (Wildman–Crippen LogP) is 1.33. The van der Waals surface area contributed by atoms with E-state index in [2.05, 4.69) is 4.72 Å². The number of benzene rings is 2. The lowest BCUT2D eigenvalue weighted by atomic mass is 10.1. The molecular formula is C18H19N3O5S. The van der Waals surface area contributed by atoms with Crippen molar-refractivity contribution in [1.29, 1.82) is 0 Å². The van der Waals surface area contributed by atoms with Crippen molar-refractivity contribution in [2.24, 2.45) is 11.7 Å². The van der Waals surface area contributed by atoms with Gasteiger partial charge in [0.2, 0.25) is 11.8 Å². The highest BCUT2D eigenvalue weighted by atomic mass is 32.2. The summed E-state index contributed by atoms with van der Waals surface area (Å²) in [6.45, 7) is 0.197. The molecule has 0 saturated carbocycles. The number of methoxy groups -OCH3 is 1. The maximum atomic E-state index is 12.5. The van der Waals surface area contributed by atoms with Gasteiger partial charge in [-0.25, -0.2) is 8.42 Å². The summed E-state index contributed by atoms with van der Waals surface area (Å²) in [5.41, 5.74) is 6.15. The molecule has 1 aliphatic rings. The Labute approximate surface area is 157 Å². The maximum absolute atomic E-state index is 12.5. The number of primary amides is 1. The quantitative estimate of drug-likeness (QED) is 0.773. The molecule has 1 aliphatic heterocycles. The minimum Gasteiger partial charge on any atom is -0.497 e. The molecule has 2 aromatic rings. The zero-order valence-electron chi connectivity index (χ0n) is 14.6. The lowest BCUT2D eigenvalue weighted by Crippen LogP contribution is -2.28. The van der Waals surface area contributed by atoms with Crippen LogP contribution in [0.25, 0.3) is 0 Å². The molecule has 2 amide bonds. The second kappa shape index (κ2) is 7.28. The van der Waals surface area contributed by atoms with E-state index in [1.807, 2.05) is 0 Å². The molecule has 0 aromatic heterocycles. The van der Waals surface area contributed by atoms with Gasteiger partial charge in [-0.15, -0.1) is 0 Å². The number of amides is 2. The number of nitrogens with zero attached hydrogens (tertiary/aromatic N) is 1. The standard InChI is InChI=1S/C18H19N3O5S/c1-26-15-4-2-3-13(10-15)20-27(24,25)16-7-5-14(6-8-16)21-11-12(18(19)23)9-17(21)22/h2-8,10,12,20H,9,11H2,1H3,(H2,19,23)/t12-/m1/s1. The Morgan fingerprint density at radius 2 is 1.93 bits per heavy atom. The van der Waals surface area contributed by atoms with Gasteiger partial charge in [-0.2, -0.15) is 0 Å². The van der Waals surface area contributed by atoms with E-state index in [1.54, 1.807) is 24.3 Å². The smallest absolute Gasteiger partial charge is 0.261 e. The third kappa shape index (κ3) is 4.03. The fraction of sp³-hybridized carbons (Fsp3) is 0.222. The number of hydrogen-bond acceptors (Lipinski definition) is 5. The summed E-state index contributed by atoms with van der Waals surface area (Å²) in [6.07, 6.45) is 0.0623. The minimum atomic E-state index is -3.80. The molecule has 2 aromatic carbocycles. The molecule has 1 atom stereocenters. The Morgan fingerprint density at radius 1 is 1.22 bits per heavy atom. The Bertz CT molecular complexity index is 973. The van der Waals surface area contributed by atoms with Gasteiger partial charge in [0.15, 0.2) is 0 Å². The molecule has 9 heteroatoms. The van der Waals surface area contributed by atoms with E-state index < -0.39 is 21.8 Å². The molecule has 8 nitrogen and oxygen atoms in total. The Hall–Kier alpha value is -3.07. The topological polar surface area (TPSA) is 119 Å². The summed E-state index contributed by atoms with van der Waals surface area (Å²) in [4.78, 5) is 24.8. The van der Waals surface area contributed by atoms with Gasteiger partial charge in [0.1, 0.15) is 5.75 Å². The molecule has 142 valence electrons. The van der Waals surface area contributed by atoms with Crippen LogP contribution in [0.5, 0.6) is 5.75 Å². The molecular weight excluding hydrogens is 370 g/mol. The SMILES string of the molecule is COc1cccc(NS(=O)(=O)c2ccc(N3C[C@H](C(N)=O)CC3=O)cc2)c1. The van der Waals surface area contributed by atoms with Crippen molar-refractivity contribution < 1.29 is 22.7 Å². The van der Waals surface area contributed by atoms with Crippen LogP contribution in [-0.4, -0.2) is 33.9 Å². The molecule has 27 heavy (non-hydrogen) atoms. The van der Waals surface area contributed by atoms with Crippen molar-refractivity contribution in [2.75, 3.05) is 23.3 Å². The summed E-state index contributed by atoms with van der Waals surface area (Å²) in [5, 5.41) is 0. The second-order valence-corrected chi connectivity index (χ2v) is 7.82. The summed E-state index contributed by atoms with van der Waals surface area (Å²) in [6, 6.07) is 12.4. The van der Waals surface area contributed by atoms with Crippen LogP contribution in [0, 0.1) is 5.92 Å². The fourth-order valence-electron chi connectivity index (χ4n) is 2.85. The number of sulfonamides is 1. The molecule has 3 N–H and O–H groups in total. The lowest BCUT2D eigenvalue weighted by molar-refractivity contribution is -0.123. The van der Waals surface area contributed by atoms with Crippen LogP contribution in [0.15, 0.2) is 53.4 Å². The molecule has 1 saturated heterocycles. The normalized spacial score (nSPS) is 17.0. The van der Waals surface area contributed by atoms with Gasteiger partial charge >= 0.3 is 0 Å². The van der Waals surface area contributed by atoms with E-state index in [9.17, 15) is 18.0 Å². The highest BCUT2D eigenvalue weighted by molar-refractivity contribution is 7.92. The summed E-state index contributed by atoms with van der Waals surface area (Å²) >= 11 is 0. The van der Waals surface area contributed by atoms with E-state index in [4.69, 9.17) is 10.5 Å². The number of rotatable bonds is 6. The molecule has 0 radical (unpaired) electrons. The fourth-order valence-corrected chi connectivity index (χ4v) is 3.90. The first kappa shape index (κ1) is 18.7. The number of carbonyl (C=O) groups excluding carboxylic acids is 2. The molecule has 0 spiro atoms. The van der Waals surface area contributed by atoms with Crippen molar-refractivity contribution >= 4 is 33.2 Å². The molecule has 1 fully saturated rings. The molecule has 1 heterocycles. The van der Waals surface area contributed by atoms with Gasteiger partial charge in [-0.3, -0.25) is 14.3 Å². The van der Waals surface area contributed by atoms with Crippen LogP contribution in [0.3, 0.4) is 0 Å². The highest BCUT2D eigenvalue weighted by Crippen LogP contribution is 2.27. The first-order valence-electron chi connectivity index (χ1n) is 8.17. The summed E-state index contributed by atoms with van der Waals surface area (Å²) in [5.74, 6) is -0.741. The zero-order valence-corrected chi connectivity index (χ0v) is 15.4. The predicted molar refractivity (Wildman–Crippen MR) is 99.9 cm³/mol. The van der Waals surface area contributed by atoms with E-state index in [0.29, 0.717) is 17.1 Å². The van der Waals surface area contributed by atoms with Crippen LogP contribution in [-0.2, 0) is 19.6 Å². The van der Waals surface area contributed by atoms with Crippen LogP contribution in [0.2, 0.25) is 0 Å². The first-order valence-corrected chi connectivity index (χ1v) is 9.65. The number of ether oxygens (including phenoxy) is 1. The second-order valence-electron chi connectivity index (χ2n) is 6.14. The van der Waals surface area contributed by atoms with Crippen molar-refractivity contribution in [1.82, 2.24) is 0 Å². The molecule has 0 unspecified atom stereocenters. The molecule has 0 bridgehead atoms.